The number of rotatable bonds is 3. The van der Waals surface area contributed by atoms with Crippen molar-refractivity contribution in [1.82, 2.24) is 4.98 Å². The minimum Gasteiger partial charge on any atom is -0.496 e. The van der Waals surface area contributed by atoms with Crippen molar-refractivity contribution in [2.45, 2.75) is 6.10 Å². The van der Waals surface area contributed by atoms with E-state index in [1.807, 2.05) is 30.5 Å². The molecule has 0 saturated carbocycles. The number of nitrogens with one attached hydrogen (secondary N) is 1. The maximum Gasteiger partial charge on any atom is 0.126 e. The number of aromatic nitrogens is 1. The van der Waals surface area contributed by atoms with E-state index in [4.69, 9.17) is 16.3 Å². The lowest BCUT2D eigenvalue weighted by Crippen LogP contribution is -2.03. The molecule has 1 unspecified atom stereocenters. The number of halogens is 1. The van der Waals surface area contributed by atoms with Crippen molar-refractivity contribution in [3.63, 3.8) is 0 Å². The molecule has 4 heteroatoms. The lowest BCUT2D eigenvalue weighted by Gasteiger charge is -2.17. The zero-order chi connectivity index (χ0) is 14.1. The van der Waals surface area contributed by atoms with E-state index in [-0.39, 0.29) is 0 Å². The average Bonchev–Trinajstić information content (AvgIpc) is 2.94. The fourth-order valence-corrected chi connectivity index (χ4v) is 2.73. The topological polar surface area (TPSA) is 45.2 Å². The van der Waals surface area contributed by atoms with Gasteiger partial charge in [0.2, 0.25) is 0 Å². The standard InChI is InChI=1S/C16H14ClNO2/c1-20-14-7-3-5-12(17)15(14)16(19)11-4-2-6-13-10(11)8-9-18-13/h2-9,16,18-19H,1H3. The Kier molecular flexibility index (Phi) is 3.38. The first kappa shape index (κ1) is 13.0. The lowest BCUT2D eigenvalue weighted by atomic mass is 9.97. The molecule has 0 aliphatic carbocycles. The van der Waals surface area contributed by atoms with E-state index >= 15 is 0 Å². The van der Waals surface area contributed by atoms with Crippen molar-refractivity contribution in [3.8, 4) is 5.75 Å². The number of methoxy groups -OCH3 is 1. The maximum absolute atomic E-state index is 10.7. The van der Waals surface area contributed by atoms with Crippen molar-refractivity contribution in [1.29, 1.82) is 0 Å². The molecule has 2 aromatic carbocycles. The van der Waals surface area contributed by atoms with Crippen molar-refractivity contribution >= 4 is 22.5 Å². The molecule has 3 rings (SSSR count). The number of aliphatic hydroxyl groups excluding tert-OH is 1. The first-order chi connectivity index (χ1) is 9.72. The molecule has 0 saturated heterocycles. The highest BCUT2D eigenvalue weighted by atomic mass is 35.5. The van der Waals surface area contributed by atoms with Crippen LogP contribution in [0.5, 0.6) is 5.75 Å². The van der Waals surface area contributed by atoms with Gasteiger partial charge >= 0.3 is 0 Å². The molecular formula is C16H14ClNO2. The number of ether oxygens (including phenoxy) is 1. The minimum atomic E-state index is -0.835. The predicted octanol–water partition coefficient (Wildman–Crippen LogP) is 3.91. The highest BCUT2D eigenvalue weighted by molar-refractivity contribution is 6.31. The van der Waals surface area contributed by atoms with Gasteiger partial charge < -0.3 is 14.8 Å². The molecule has 0 radical (unpaired) electrons. The minimum absolute atomic E-state index is 0.490. The Balaban J connectivity index is 2.18. The SMILES string of the molecule is COc1cccc(Cl)c1C(O)c1cccc2[nH]ccc12. The van der Waals surface area contributed by atoms with Gasteiger partial charge in [0, 0.05) is 22.7 Å². The number of fused-ring (bicyclic) bond motifs is 1. The highest BCUT2D eigenvalue weighted by Gasteiger charge is 2.20. The van der Waals surface area contributed by atoms with Crippen LogP contribution in [-0.4, -0.2) is 17.2 Å². The van der Waals surface area contributed by atoms with Gasteiger partial charge in [0.1, 0.15) is 11.9 Å². The molecule has 0 fully saturated rings. The van der Waals surface area contributed by atoms with Gasteiger partial charge in [-0.25, -0.2) is 0 Å². The van der Waals surface area contributed by atoms with Crippen LogP contribution in [-0.2, 0) is 0 Å². The van der Waals surface area contributed by atoms with Crippen LogP contribution in [0.2, 0.25) is 5.02 Å². The van der Waals surface area contributed by atoms with Gasteiger partial charge in [-0.3, -0.25) is 0 Å². The lowest BCUT2D eigenvalue weighted by molar-refractivity contribution is 0.216. The molecule has 2 N–H and O–H groups in total. The van der Waals surface area contributed by atoms with Crippen LogP contribution in [0.4, 0.5) is 0 Å². The van der Waals surface area contributed by atoms with E-state index in [0.29, 0.717) is 16.3 Å². The summed E-state index contributed by atoms with van der Waals surface area (Å²) in [6.45, 7) is 0. The highest BCUT2D eigenvalue weighted by Crippen LogP contribution is 2.37. The van der Waals surface area contributed by atoms with E-state index in [2.05, 4.69) is 4.98 Å². The third-order valence-corrected chi connectivity index (χ3v) is 3.76. The quantitative estimate of drug-likeness (QED) is 0.767. The molecule has 0 amide bonds. The maximum atomic E-state index is 10.7. The molecule has 1 aromatic heterocycles. The molecule has 1 atom stereocenters. The summed E-state index contributed by atoms with van der Waals surface area (Å²) in [5.41, 5.74) is 2.37. The Morgan fingerprint density at radius 3 is 2.75 bits per heavy atom. The molecule has 102 valence electrons. The summed E-state index contributed by atoms with van der Waals surface area (Å²) in [5, 5.41) is 12.2. The Labute approximate surface area is 121 Å². The number of hydrogen-bond donors (Lipinski definition) is 2. The Morgan fingerprint density at radius 2 is 1.95 bits per heavy atom. The summed E-state index contributed by atoms with van der Waals surface area (Å²) in [5.74, 6) is 0.581. The summed E-state index contributed by atoms with van der Waals surface area (Å²) in [4.78, 5) is 3.13. The molecule has 0 aliphatic heterocycles. The second-order valence-corrected chi connectivity index (χ2v) is 4.95. The molecular weight excluding hydrogens is 274 g/mol. The molecule has 1 heterocycles. The predicted molar refractivity (Wildman–Crippen MR) is 80.4 cm³/mol. The number of H-pyrrole nitrogens is 1. The van der Waals surface area contributed by atoms with Gasteiger partial charge in [0.05, 0.1) is 12.1 Å². The normalized spacial score (nSPS) is 12.6. The average molecular weight is 288 g/mol. The van der Waals surface area contributed by atoms with Crippen molar-refractivity contribution in [3.05, 3.63) is 64.8 Å². The van der Waals surface area contributed by atoms with Crippen LogP contribution in [0.3, 0.4) is 0 Å². The van der Waals surface area contributed by atoms with E-state index in [0.717, 1.165) is 16.5 Å². The van der Waals surface area contributed by atoms with Crippen LogP contribution in [0.25, 0.3) is 10.9 Å². The van der Waals surface area contributed by atoms with Gasteiger partial charge in [0.15, 0.2) is 0 Å². The fourth-order valence-electron chi connectivity index (χ4n) is 2.46. The molecule has 3 aromatic rings. The molecule has 20 heavy (non-hydrogen) atoms. The van der Waals surface area contributed by atoms with Crippen LogP contribution in [0, 0.1) is 0 Å². The van der Waals surface area contributed by atoms with E-state index in [1.54, 1.807) is 25.3 Å². The van der Waals surface area contributed by atoms with Crippen LogP contribution in [0.1, 0.15) is 17.2 Å². The zero-order valence-electron chi connectivity index (χ0n) is 10.9. The Morgan fingerprint density at radius 1 is 1.15 bits per heavy atom. The Hall–Kier alpha value is -1.97. The van der Waals surface area contributed by atoms with Crippen LogP contribution in [0.15, 0.2) is 48.7 Å². The first-order valence-electron chi connectivity index (χ1n) is 6.29. The molecule has 3 nitrogen and oxygen atoms in total. The number of aliphatic hydroxyl groups is 1. The van der Waals surface area contributed by atoms with Gasteiger partial charge in [-0.05, 0) is 29.8 Å². The first-order valence-corrected chi connectivity index (χ1v) is 6.66. The van der Waals surface area contributed by atoms with E-state index < -0.39 is 6.10 Å². The second-order valence-electron chi connectivity index (χ2n) is 4.54. The number of benzene rings is 2. The number of aromatic amines is 1. The largest absolute Gasteiger partial charge is 0.496 e. The van der Waals surface area contributed by atoms with E-state index in [1.165, 1.54) is 0 Å². The second kappa shape index (κ2) is 5.19. The fraction of sp³-hybridized carbons (Fsp3) is 0.125. The zero-order valence-corrected chi connectivity index (χ0v) is 11.7. The third kappa shape index (κ3) is 2.05. The summed E-state index contributed by atoms with van der Waals surface area (Å²) >= 11 is 6.23. The monoisotopic (exact) mass is 287 g/mol. The van der Waals surface area contributed by atoms with Crippen molar-refractivity contribution in [2.24, 2.45) is 0 Å². The molecule has 0 bridgehead atoms. The summed E-state index contributed by atoms with van der Waals surface area (Å²) in [7, 11) is 1.57. The molecule has 0 aliphatic rings. The van der Waals surface area contributed by atoms with Gasteiger partial charge in [0.25, 0.3) is 0 Å². The summed E-state index contributed by atoms with van der Waals surface area (Å²) in [6.07, 6.45) is 1.02. The van der Waals surface area contributed by atoms with Crippen molar-refractivity contribution < 1.29 is 9.84 Å². The smallest absolute Gasteiger partial charge is 0.126 e. The summed E-state index contributed by atoms with van der Waals surface area (Å²) < 4.78 is 5.31. The van der Waals surface area contributed by atoms with E-state index in [9.17, 15) is 5.11 Å². The Bertz CT molecular complexity index is 751. The van der Waals surface area contributed by atoms with Crippen molar-refractivity contribution in [2.75, 3.05) is 7.11 Å². The molecule has 0 spiro atoms. The van der Waals surface area contributed by atoms with Gasteiger partial charge in [-0.15, -0.1) is 0 Å². The van der Waals surface area contributed by atoms with Crippen LogP contribution >= 0.6 is 11.6 Å². The third-order valence-electron chi connectivity index (χ3n) is 3.43. The van der Waals surface area contributed by atoms with Gasteiger partial charge in [-0.2, -0.15) is 0 Å². The number of hydrogen-bond acceptors (Lipinski definition) is 2. The summed E-state index contributed by atoms with van der Waals surface area (Å²) in [6, 6.07) is 13.0. The van der Waals surface area contributed by atoms with Gasteiger partial charge in [-0.1, -0.05) is 29.8 Å². The van der Waals surface area contributed by atoms with Crippen LogP contribution < -0.4 is 4.74 Å².